The van der Waals surface area contributed by atoms with E-state index >= 15 is 0 Å². The van der Waals surface area contributed by atoms with Gasteiger partial charge in [0.2, 0.25) is 0 Å². The maximum absolute atomic E-state index is 5.17. The van der Waals surface area contributed by atoms with Crippen LogP contribution in [-0.4, -0.2) is 24.1 Å². The van der Waals surface area contributed by atoms with Crippen LogP contribution in [0.15, 0.2) is 0 Å². The van der Waals surface area contributed by atoms with Gasteiger partial charge in [-0.3, -0.25) is 0 Å². The summed E-state index contributed by atoms with van der Waals surface area (Å²) < 4.78 is 10.5. The van der Waals surface area contributed by atoms with Gasteiger partial charge in [0.25, 0.3) is 0 Å². The third-order valence-corrected chi connectivity index (χ3v) is 2.33. The predicted octanol–water partition coefficient (Wildman–Crippen LogP) is 1.46. The Bertz CT molecular complexity index is 83.1. The van der Waals surface area contributed by atoms with Gasteiger partial charge in [0.15, 0.2) is 0 Å². The van der Waals surface area contributed by atoms with Gasteiger partial charge in [0.05, 0.1) is 12.5 Å². The van der Waals surface area contributed by atoms with Crippen LogP contribution in [0.1, 0.15) is 13.8 Å². The highest BCUT2D eigenvalue weighted by Crippen LogP contribution is 2.26. The third kappa shape index (κ3) is 2.56. The summed E-state index contributed by atoms with van der Waals surface area (Å²) in [6.45, 7) is 5.56. The Kier molecular flexibility index (Phi) is 2.38. The molecule has 3 heteroatoms. The molecule has 0 saturated carbocycles. The maximum atomic E-state index is 5.17. The van der Waals surface area contributed by atoms with Gasteiger partial charge < -0.3 is 9.47 Å². The zero-order valence-corrected chi connectivity index (χ0v) is 6.66. The van der Waals surface area contributed by atoms with E-state index in [1.54, 1.807) is 11.8 Å². The lowest BCUT2D eigenvalue weighted by atomic mass is 10.2. The molecule has 2 nitrogen and oxygen atoms in total. The Hall–Kier alpha value is 0.270. The molecular weight excluding hydrogens is 136 g/mol. The highest BCUT2D eigenvalue weighted by Gasteiger charge is 2.20. The molecule has 1 heterocycles. The molecule has 54 valence electrons. The normalized spacial score (nSPS) is 27.3. The standard InChI is InChI=1S/C6H12O2S/c1-6(2)3-7-4-8-5-9-6/h3-5H2,1-2H3. The lowest BCUT2D eigenvalue weighted by Gasteiger charge is -2.18. The van der Waals surface area contributed by atoms with E-state index in [0.29, 0.717) is 6.79 Å². The van der Waals surface area contributed by atoms with E-state index in [9.17, 15) is 0 Å². The molecule has 0 atom stereocenters. The first-order valence-corrected chi connectivity index (χ1v) is 3.99. The molecule has 1 rings (SSSR count). The fourth-order valence-electron chi connectivity index (χ4n) is 0.623. The lowest BCUT2D eigenvalue weighted by molar-refractivity contribution is -0.0334. The molecule has 0 aromatic rings. The summed E-state index contributed by atoms with van der Waals surface area (Å²) in [6.07, 6.45) is 0. The molecule has 0 aromatic carbocycles. The van der Waals surface area contributed by atoms with Gasteiger partial charge in [0.1, 0.15) is 6.79 Å². The summed E-state index contributed by atoms with van der Waals surface area (Å²) in [7, 11) is 0. The van der Waals surface area contributed by atoms with Crippen LogP contribution in [0.25, 0.3) is 0 Å². The van der Waals surface area contributed by atoms with Crippen LogP contribution in [0.5, 0.6) is 0 Å². The van der Waals surface area contributed by atoms with E-state index in [0.717, 1.165) is 12.5 Å². The maximum Gasteiger partial charge on any atom is 0.147 e. The van der Waals surface area contributed by atoms with Crippen LogP contribution in [0.2, 0.25) is 0 Å². The van der Waals surface area contributed by atoms with Crippen molar-refractivity contribution in [3.8, 4) is 0 Å². The quantitative estimate of drug-likeness (QED) is 0.518. The smallest absolute Gasteiger partial charge is 0.147 e. The summed E-state index contributed by atoms with van der Waals surface area (Å²) in [4.78, 5) is 0. The molecule has 0 aromatic heterocycles. The van der Waals surface area contributed by atoms with Crippen LogP contribution in [0.4, 0.5) is 0 Å². The van der Waals surface area contributed by atoms with E-state index in [2.05, 4.69) is 13.8 Å². The van der Waals surface area contributed by atoms with Crippen LogP contribution < -0.4 is 0 Å². The van der Waals surface area contributed by atoms with Crippen molar-refractivity contribution in [3.05, 3.63) is 0 Å². The predicted molar refractivity (Wildman–Crippen MR) is 38.4 cm³/mol. The van der Waals surface area contributed by atoms with Gasteiger partial charge in [0, 0.05) is 4.75 Å². The molecule has 0 radical (unpaired) electrons. The SMILES string of the molecule is CC1(C)COCOCS1. The van der Waals surface area contributed by atoms with Crippen LogP contribution in [-0.2, 0) is 9.47 Å². The summed E-state index contributed by atoms with van der Waals surface area (Å²) in [5.41, 5.74) is 0. The molecule has 1 aliphatic rings. The van der Waals surface area contributed by atoms with Gasteiger partial charge in [-0.15, -0.1) is 11.8 Å². The second-order valence-electron chi connectivity index (χ2n) is 2.69. The van der Waals surface area contributed by atoms with Crippen molar-refractivity contribution < 1.29 is 9.47 Å². The number of rotatable bonds is 0. The fraction of sp³-hybridized carbons (Fsp3) is 1.00. The van der Waals surface area contributed by atoms with Gasteiger partial charge in [-0.25, -0.2) is 0 Å². The number of hydrogen-bond donors (Lipinski definition) is 0. The Labute approximate surface area is 59.9 Å². The van der Waals surface area contributed by atoms with E-state index in [4.69, 9.17) is 9.47 Å². The molecule has 0 N–H and O–H groups in total. The van der Waals surface area contributed by atoms with Crippen molar-refractivity contribution in [1.82, 2.24) is 0 Å². The third-order valence-electron chi connectivity index (χ3n) is 1.15. The molecule has 0 unspecified atom stereocenters. The summed E-state index contributed by atoms with van der Waals surface area (Å²) >= 11 is 1.79. The first-order valence-electron chi connectivity index (χ1n) is 3.00. The Morgan fingerprint density at radius 1 is 1.33 bits per heavy atom. The largest absolute Gasteiger partial charge is 0.354 e. The minimum Gasteiger partial charge on any atom is -0.354 e. The Balaban J connectivity index is 2.36. The second kappa shape index (κ2) is 2.90. The molecule has 0 bridgehead atoms. The first-order chi connectivity index (χ1) is 4.21. The number of ether oxygens (including phenoxy) is 2. The average Bonchev–Trinajstić information content (AvgIpc) is 1.92. The topological polar surface area (TPSA) is 18.5 Å². The van der Waals surface area contributed by atoms with Crippen molar-refractivity contribution >= 4 is 11.8 Å². The minimum absolute atomic E-state index is 0.233. The van der Waals surface area contributed by atoms with E-state index in [1.165, 1.54) is 0 Å². The van der Waals surface area contributed by atoms with Crippen molar-refractivity contribution in [2.75, 3.05) is 19.3 Å². The summed E-state index contributed by atoms with van der Waals surface area (Å²) in [5.74, 6) is 0.757. The fourth-order valence-corrected chi connectivity index (χ4v) is 1.26. The molecule has 9 heavy (non-hydrogen) atoms. The molecule has 1 fully saturated rings. The van der Waals surface area contributed by atoms with E-state index in [-0.39, 0.29) is 4.75 Å². The van der Waals surface area contributed by atoms with Crippen molar-refractivity contribution in [1.29, 1.82) is 0 Å². The number of thioether (sulfide) groups is 1. The van der Waals surface area contributed by atoms with Crippen molar-refractivity contribution in [3.63, 3.8) is 0 Å². The van der Waals surface area contributed by atoms with Crippen LogP contribution in [0, 0.1) is 0 Å². The monoisotopic (exact) mass is 148 g/mol. The van der Waals surface area contributed by atoms with Gasteiger partial charge in [-0.05, 0) is 13.8 Å². The van der Waals surface area contributed by atoms with Crippen LogP contribution >= 0.6 is 11.8 Å². The van der Waals surface area contributed by atoms with Crippen molar-refractivity contribution in [2.24, 2.45) is 0 Å². The van der Waals surface area contributed by atoms with Gasteiger partial charge in [-0.1, -0.05) is 0 Å². The average molecular weight is 148 g/mol. The van der Waals surface area contributed by atoms with Crippen molar-refractivity contribution in [2.45, 2.75) is 18.6 Å². The van der Waals surface area contributed by atoms with Gasteiger partial charge >= 0.3 is 0 Å². The molecule has 1 aliphatic heterocycles. The zero-order chi connectivity index (χ0) is 6.74. The van der Waals surface area contributed by atoms with Crippen LogP contribution in [0.3, 0.4) is 0 Å². The lowest BCUT2D eigenvalue weighted by Crippen LogP contribution is -2.20. The van der Waals surface area contributed by atoms with Gasteiger partial charge in [-0.2, -0.15) is 0 Å². The summed E-state index contributed by atoms with van der Waals surface area (Å²) in [5, 5.41) is 0. The number of hydrogen-bond acceptors (Lipinski definition) is 3. The first kappa shape index (κ1) is 7.38. The molecule has 0 aliphatic carbocycles. The molecule has 0 spiro atoms. The highest BCUT2D eigenvalue weighted by atomic mass is 32.2. The minimum atomic E-state index is 0.233. The highest BCUT2D eigenvalue weighted by molar-refractivity contribution is 8.00. The Morgan fingerprint density at radius 3 is 2.89 bits per heavy atom. The second-order valence-corrected chi connectivity index (χ2v) is 4.32. The molecular formula is C6H12O2S. The molecule has 1 saturated heterocycles. The zero-order valence-electron chi connectivity index (χ0n) is 5.85. The molecule has 0 amide bonds. The Morgan fingerprint density at radius 2 is 2.11 bits per heavy atom. The summed E-state index contributed by atoms with van der Waals surface area (Å²) in [6, 6.07) is 0. The van der Waals surface area contributed by atoms with E-state index < -0.39 is 0 Å². The van der Waals surface area contributed by atoms with E-state index in [1.807, 2.05) is 0 Å².